The Balaban J connectivity index is 1.89. The molecule has 25 heavy (non-hydrogen) atoms. The Kier molecular flexibility index (Phi) is 5.11. The van der Waals surface area contributed by atoms with E-state index in [2.05, 4.69) is 15.3 Å². The van der Waals surface area contributed by atoms with Crippen LogP contribution in [0.5, 0.6) is 17.4 Å². The van der Waals surface area contributed by atoms with Gasteiger partial charge in [0.15, 0.2) is 17.3 Å². The number of ether oxygens (including phenoxy) is 2. The molecular formula is C17H14Cl2N4O2. The topological polar surface area (TPSA) is 82.3 Å². The summed E-state index contributed by atoms with van der Waals surface area (Å²) in [6.45, 7) is 0. The van der Waals surface area contributed by atoms with Gasteiger partial charge in [-0.15, -0.1) is 0 Å². The molecule has 0 saturated carbocycles. The van der Waals surface area contributed by atoms with Crippen molar-refractivity contribution >= 4 is 40.4 Å². The SMILES string of the molecule is COc1ccccc1Oc1ncnc(Nc2cc(Cl)cc(Cl)c2)c1N. The van der Waals surface area contributed by atoms with Crippen LogP contribution in [-0.2, 0) is 0 Å². The molecule has 128 valence electrons. The molecule has 0 radical (unpaired) electrons. The maximum Gasteiger partial charge on any atom is 0.248 e. The second-order valence-corrected chi connectivity index (χ2v) is 5.85. The number of hydrogen-bond acceptors (Lipinski definition) is 6. The van der Waals surface area contributed by atoms with Crippen molar-refractivity contribution in [3.63, 3.8) is 0 Å². The molecule has 0 aliphatic heterocycles. The van der Waals surface area contributed by atoms with Gasteiger partial charge in [-0.1, -0.05) is 35.3 Å². The zero-order chi connectivity index (χ0) is 17.8. The fraction of sp³-hybridized carbons (Fsp3) is 0.0588. The van der Waals surface area contributed by atoms with Gasteiger partial charge < -0.3 is 20.5 Å². The lowest BCUT2D eigenvalue weighted by Gasteiger charge is -2.13. The van der Waals surface area contributed by atoms with Crippen molar-refractivity contribution in [2.75, 3.05) is 18.2 Å². The molecule has 3 aromatic rings. The lowest BCUT2D eigenvalue weighted by molar-refractivity contribution is 0.374. The van der Waals surface area contributed by atoms with Gasteiger partial charge in [0.05, 0.1) is 7.11 Å². The minimum Gasteiger partial charge on any atom is -0.493 e. The predicted molar refractivity (Wildman–Crippen MR) is 99.3 cm³/mol. The van der Waals surface area contributed by atoms with Crippen LogP contribution in [0, 0.1) is 0 Å². The molecule has 0 aliphatic carbocycles. The molecule has 0 saturated heterocycles. The van der Waals surface area contributed by atoms with E-state index in [1.807, 2.05) is 12.1 Å². The van der Waals surface area contributed by atoms with Gasteiger partial charge in [-0.25, -0.2) is 4.98 Å². The van der Waals surface area contributed by atoms with Gasteiger partial charge in [0.1, 0.15) is 12.0 Å². The predicted octanol–water partition coefficient (Wildman–Crippen LogP) is 4.91. The molecule has 3 N–H and O–H groups in total. The molecule has 0 unspecified atom stereocenters. The molecule has 6 nitrogen and oxygen atoms in total. The van der Waals surface area contributed by atoms with Crippen LogP contribution in [0.4, 0.5) is 17.2 Å². The van der Waals surface area contributed by atoms with E-state index >= 15 is 0 Å². The normalized spacial score (nSPS) is 10.4. The summed E-state index contributed by atoms with van der Waals surface area (Å²) >= 11 is 12.0. The van der Waals surface area contributed by atoms with E-state index in [1.54, 1.807) is 37.4 Å². The first kappa shape index (κ1) is 17.1. The summed E-state index contributed by atoms with van der Waals surface area (Å²) in [6, 6.07) is 12.2. The average Bonchev–Trinajstić information content (AvgIpc) is 2.58. The number of benzene rings is 2. The van der Waals surface area contributed by atoms with Gasteiger partial charge in [-0.2, -0.15) is 4.98 Å². The average molecular weight is 377 g/mol. The first-order chi connectivity index (χ1) is 12.1. The summed E-state index contributed by atoms with van der Waals surface area (Å²) < 4.78 is 11.0. The van der Waals surface area contributed by atoms with Crippen molar-refractivity contribution in [2.45, 2.75) is 0 Å². The molecular weight excluding hydrogens is 363 g/mol. The Labute approximate surface area is 154 Å². The lowest BCUT2D eigenvalue weighted by atomic mass is 10.3. The van der Waals surface area contributed by atoms with E-state index in [1.165, 1.54) is 6.33 Å². The number of rotatable bonds is 5. The van der Waals surface area contributed by atoms with Gasteiger partial charge in [0.25, 0.3) is 0 Å². The summed E-state index contributed by atoms with van der Waals surface area (Å²) in [5.41, 5.74) is 7.01. The largest absolute Gasteiger partial charge is 0.493 e. The van der Waals surface area contributed by atoms with E-state index in [-0.39, 0.29) is 11.6 Å². The fourth-order valence-corrected chi connectivity index (χ4v) is 2.66. The highest BCUT2D eigenvalue weighted by molar-refractivity contribution is 6.35. The van der Waals surface area contributed by atoms with E-state index < -0.39 is 0 Å². The summed E-state index contributed by atoms with van der Waals surface area (Å²) in [6.07, 6.45) is 1.34. The minimum absolute atomic E-state index is 0.204. The molecule has 3 rings (SSSR count). The van der Waals surface area contributed by atoms with Crippen molar-refractivity contribution in [3.8, 4) is 17.4 Å². The van der Waals surface area contributed by atoms with Crippen molar-refractivity contribution in [1.82, 2.24) is 9.97 Å². The second-order valence-electron chi connectivity index (χ2n) is 4.98. The Morgan fingerprint density at radius 1 is 1.00 bits per heavy atom. The van der Waals surface area contributed by atoms with Gasteiger partial charge in [0, 0.05) is 15.7 Å². The van der Waals surface area contributed by atoms with Crippen molar-refractivity contribution in [1.29, 1.82) is 0 Å². The quantitative estimate of drug-likeness (QED) is 0.658. The maximum atomic E-state index is 6.13. The number of aromatic nitrogens is 2. The van der Waals surface area contributed by atoms with Crippen LogP contribution in [0.25, 0.3) is 0 Å². The number of nitrogens with one attached hydrogen (secondary N) is 1. The number of para-hydroxylation sites is 2. The van der Waals surface area contributed by atoms with Crippen molar-refractivity contribution < 1.29 is 9.47 Å². The summed E-state index contributed by atoms with van der Waals surface area (Å²) in [5, 5.41) is 4.04. The molecule has 1 heterocycles. The third kappa shape index (κ3) is 4.04. The summed E-state index contributed by atoms with van der Waals surface area (Å²) in [7, 11) is 1.56. The Morgan fingerprint density at radius 3 is 2.36 bits per heavy atom. The minimum atomic E-state index is 0.204. The van der Waals surface area contributed by atoms with E-state index in [0.717, 1.165) is 0 Å². The number of nitrogens with zero attached hydrogens (tertiary/aromatic N) is 2. The molecule has 1 aromatic heterocycles. The smallest absolute Gasteiger partial charge is 0.248 e. The number of methoxy groups -OCH3 is 1. The highest BCUT2D eigenvalue weighted by Gasteiger charge is 2.13. The van der Waals surface area contributed by atoms with Crippen LogP contribution in [0.3, 0.4) is 0 Å². The number of nitrogens with two attached hydrogens (primary N) is 1. The Bertz CT molecular complexity index is 885. The van der Waals surface area contributed by atoms with Gasteiger partial charge >= 0.3 is 0 Å². The van der Waals surface area contributed by atoms with Crippen LogP contribution in [0.15, 0.2) is 48.8 Å². The van der Waals surface area contributed by atoms with Crippen molar-refractivity contribution in [2.24, 2.45) is 0 Å². The number of anilines is 3. The molecule has 0 atom stereocenters. The van der Waals surface area contributed by atoms with Crippen LogP contribution < -0.4 is 20.5 Å². The molecule has 0 spiro atoms. The Morgan fingerprint density at radius 2 is 1.68 bits per heavy atom. The van der Waals surface area contributed by atoms with Gasteiger partial charge in [-0.3, -0.25) is 0 Å². The Hall–Kier alpha value is -2.70. The first-order valence-electron chi connectivity index (χ1n) is 7.21. The van der Waals surface area contributed by atoms with E-state index in [0.29, 0.717) is 33.0 Å². The van der Waals surface area contributed by atoms with Crippen LogP contribution in [0.2, 0.25) is 10.0 Å². The third-order valence-electron chi connectivity index (χ3n) is 3.25. The number of nitrogen functional groups attached to an aromatic ring is 1. The zero-order valence-electron chi connectivity index (χ0n) is 13.2. The lowest BCUT2D eigenvalue weighted by Crippen LogP contribution is -2.03. The number of hydrogen-bond donors (Lipinski definition) is 2. The standard InChI is InChI=1S/C17H14Cl2N4O2/c1-24-13-4-2-3-5-14(13)25-17-15(20)16(21-9-22-17)23-12-7-10(18)6-11(19)8-12/h2-9H,20H2,1H3,(H,21,22,23). The highest BCUT2D eigenvalue weighted by Crippen LogP contribution is 2.35. The first-order valence-corrected chi connectivity index (χ1v) is 7.97. The second kappa shape index (κ2) is 7.46. The summed E-state index contributed by atoms with van der Waals surface area (Å²) in [4.78, 5) is 8.21. The monoisotopic (exact) mass is 376 g/mol. The summed E-state index contributed by atoms with van der Waals surface area (Å²) in [5.74, 6) is 1.64. The molecule has 0 aliphatic rings. The van der Waals surface area contributed by atoms with E-state index in [4.69, 9.17) is 38.4 Å². The molecule has 8 heteroatoms. The third-order valence-corrected chi connectivity index (χ3v) is 3.68. The maximum absolute atomic E-state index is 6.13. The van der Waals surface area contributed by atoms with Gasteiger partial charge in [-0.05, 0) is 30.3 Å². The van der Waals surface area contributed by atoms with Crippen LogP contribution >= 0.6 is 23.2 Å². The van der Waals surface area contributed by atoms with E-state index in [9.17, 15) is 0 Å². The van der Waals surface area contributed by atoms with Crippen LogP contribution in [-0.4, -0.2) is 17.1 Å². The van der Waals surface area contributed by atoms with Crippen molar-refractivity contribution in [3.05, 3.63) is 58.8 Å². The highest BCUT2D eigenvalue weighted by atomic mass is 35.5. The van der Waals surface area contributed by atoms with Gasteiger partial charge in [0.2, 0.25) is 5.88 Å². The molecule has 2 aromatic carbocycles. The number of halogens is 2. The molecule has 0 amide bonds. The molecule has 0 bridgehead atoms. The zero-order valence-corrected chi connectivity index (χ0v) is 14.7. The fourth-order valence-electron chi connectivity index (χ4n) is 2.13. The van der Waals surface area contributed by atoms with Crippen LogP contribution in [0.1, 0.15) is 0 Å². The molecule has 0 fully saturated rings.